The molecule has 1 aromatic rings. The highest BCUT2D eigenvalue weighted by molar-refractivity contribution is 5.85. The molecular formula is C15H24N4O2. The summed E-state index contributed by atoms with van der Waals surface area (Å²) < 4.78 is 5.53. The van der Waals surface area contributed by atoms with Crippen LogP contribution in [-0.2, 0) is 16.1 Å². The van der Waals surface area contributed by atoms with Crippen LogP contribution in [0.2, 0.25) is 0 Å². The van der Waals surface area contributed by atoms with Crippen LogP contribution in [0.5, 0.6) is 0 Å². The molecule has 0 saturated carbocycles. The molecule has 1 aliphatic rings. The van der Waals surface area contributed by atoms with Crippen molar-refractivity contribution in [3.8, 4) is 0 Å². The number of carbonyl (C=O) groups excluding carboxylic acids is 1. The quantitative estimate of drug-likeness (QED) is 0.829. The molecule has 6 heteroatoms. The number of hydrogen-bond acceptors (Lipinski definition) is 5. The molecule has 0 aromatic carbocycles. The molecule has 6 nitrogen and oxygen atoms in total. The van der Waals surface area contributed by atoms with E-state index < -0.39 is 5.60 Å². The van der Waals surface area contributed by atoms with Crippen molar-refractivity contribution in [2.45, 2.75) is 25.0 Å². The van der Waals surface area contributed by atoms with Gasteiger partial charge in [-0.15, -0.1) is 0 Å². The third kappa shape index (κ3) is 3.51. The van der Waals surface area contributed by atoms with E-state index in [9.17, 15) is 4.79 Å². The van der Waals surface area contributed by atoms with Crippen molar-refractivity contribution in [2.75, 3.05) is 39.2 Å². The molecule has 1 amide bonds. The lowest BCUT2D eigenvalue weighted by atomic mass is 9.91. The zero-order chi connectivity index (χ0) is 15.3. The van der Waals surface area contributed by atoms with Gasteiger partial charge in [0.05, 0.1) is 0 Å². The normalized spacial score (nSPS) is 17.3. The number of aromatic nitrogens is 1. The number of nitrogens with one attached hydrogen (secondary N) is 2. The van der Waals surface area contributed by atoms with Gasteiger partial charge in [-0.3, -0.25) is 4.79 Å². The molecule has 1 aromatic heterocycles. The fourth-order valence-corrected chi connectivity index (χ4v) is 2.66. The molecule has 1 aliphatic heterocycles. The van der Waals surface area contributed by atoms with Crippen molar-refractivity contribution in [1.29, 1.82) is 0 Å². The Labute approximate surface area is 125 Å². The van der Waals surface area contributed by atoms with Crippen LogP contribution in [-0.4, -0.2) is 50.8 Å². The third-order valence-electron chi connectivity index (χ3n) is 3.95. The summed E-state index contributed by atoms with van der Waals surface area (Å²) in [7, 11) is 5.49. The minimum Gasteiger partial charge on any atom is -0.368 e. The monoisotopic (exact) mass is 292 g/mol. The Kier molecular flexibility index (Phi) is 5.14. The van der Waals surface area contributed by atoms with Crippen LogP contribution in [0.4, 0.5) is 5.82 Å². The largest absolute Gasteiger partial charge is 0.368 e. The molecule has 2 N–H and O–H groups in total. The van der Waals surface area contributed by atoms with E-state index in [1.54, 1.807) is 13.3 Å². The van der Waals surface area contributed by atoms with E-state index in [1.165, 1.54) is 0 Å². The summed E-state index contributed by atoms with van der Waals surface area (Å²) in [5.74, 6) is 0.828. The highest BCUT2D eigenvalue weighted by atomic mass is 16.5. The van der Waals surface area contributed by atoms with Gasteiger partial charge >= 0.3 is 0 Å². The molecule has 21 heavy (non-hydrogen) atoms. The van der Waals surface area contributed by atoms with Crippen molar-refractivity contribution in [1.82, 2.24) is 15.6 Å². The van der Waals surface area contributed by atoms with Crippen LogP contribution in [0.3, 0.4) is 0 Å². The summed E-state index contributed by atoms with van der Waals surface area (Å²) in [6.45, 7) is 2.06. The lowest BCUT2D eigenvalue weighted by molar-refractivity contribution is -0.146. The first kappa shape index (κ1) is 15.7. The molecule has 1 fully saturated rings. The Bertz CT molecular complexity index is 484. The fraction of sp³-hybridized carbons (Fsp3) is 0.600. The van der Waals surface area contributed by atoms with Crippen molar-refractivity contribution in [3.05, 3.63) is 23.9 Å². The molecular weight excluding hydrogens is 268 g/mol. The maximum Gasteiger partial charge on any atom is 0.252 e. The van der Waals surface area contributed by atoms with Crippen LogP contribution in [0, 0.1) is 0 Å². The highest BCUT2D eigenvalue weighted by Crippen LogP contribution is 2.23. The van der Waals surface area contributed by atoms with Gasteiger partial charge in [0.15, 0.2) is 0 Å². The van der Waals surface area contributed by atoms with E-state index >= 15 is 0 Å². The van der Waals surface area contributed by atoms with Crippen molar-refractivity contribution < 1.29 is 9.53 Å². The molecule has 0 radical (unpaired) electrons. The maximum absolute atomic E-state index is 12.5. The summed E-state index contributed by atoms with van der Waals surface area (Å²) in [5.41, 5.74) is 0.294. The number of nitrogens with zero attached hydrogens (tertiary/aromatic N) is 2. The molecule has 116 valence electrons. The average molecular weight is 292 g/mol. The standard InChI is InChI=1S/C15H24N4O2/c1-19(2)13-12(5-4-8-17-13)11-18-14(20)15(21-3)6-9-16-10-7-15/h4-5,8,16H,6-7,9-11H2,1-3H3,(H,18,20). The lowest BCUT2D eigenvalue weighted by Gasteiger charge is -2.34. The zero-order valence-corrected chi connectivity index (χ0v) is 13.0. The summed E-state index contributed by atoms with van der Waals surface area (Å²) in [4.78, 5) is 18.8. The smallest absolute Gasteiger partial charge is 0.252 e. The van der Waals surface area contributed by atoms with Gasteiger partial charge in [-0.25, -0.2) is 4.98 Å². The van der Waals surface area contributed by atoms with Gasteiger partial charge in [-0.2, -0.15) is 0 Å². The van der Waals surface area contributed by atoms with Crippen molar-refractivity contribution >= 4 is 11.7 Å². The summed E-state index contributed by atoms with van der Waals surface area (Å²) in [5, 5.41) is 6.25. The second-order valence-electron chi connectivity index (χ2n) is 5.51. The summed E-state index contributed by atoms with van der Waals surface area (Å²) in [6.07, 6.45) is 3.15. The predicted octanol–water partition coefficient (Wildman–Crippen LogP) is 0.532. The molecule has 1 saturated heterocycles. The van der Waals surface area contributed by atoms with E-state index in [1.807, 2.05) is 31.1 Å². The molecule has 0 bridgehead atoms. The topological polar surface area (TPSA) is 66.5 Å². The van der Waals surface area contributed by atoms with E-state index in [0.717, 1.165) is 24.5 Å². The zero-order valence-electron chi connectivity index (χ0n) is 13.0. The first-order valence-electron chi connectivity index (χ1n) is 7.24. The molecule has 0 aliphatic carbocycles. The van der Waals surface area contributed by atoms with Crippen LogP contribution >= 0.6 is 0 Å². The molecule has 0 atom stereocenters. The first-order valence-corrected chi connectivity index (χ1v) is 7.24. The van der Waals surface area contributed by atoms with Crippen LogP contribution in [0.15, 0.2) is 18.3 Å². The van der Waals surface area contributed by atoms with Crippen molar-refractivity contribution in [2.24, 2.45) is 0 Å². The number of piperidine rings is 1. The number of hydrogen-bond donors (Lipinski definition) is 2. The second-order valence-corrected chi connectivity index (χ2v) is 5.51. The minimum absolute atomic E-state index is 0.0416. The average Bonchev–Trinajstić information content (AvgIpc) is 2.53. The third-order valence-corrected chi connectivity index (χ3v) is 3.95. The number of pyridine rings is 1. The minimum atomic E-state index is -0.703. The SMILES string of the molecule is COC1(C(=O)NCc2cccnc2N(C)C)CCNCC1. The predicted molar refractivity (Wildman–Crippen MR) is 82.3 cm³/mol. The molecule has 2 heterocycles. The van der Waals surface area contributed by atoms with E-state index in [4.69, 9.17) is 4.74 Å². The molecule has 0 spiro atoms. The Hall–Kier alpha value is -1.66. The van der Waals surface area contributed by atoms with Gasteiger partial charge in [-0.1, -0.05) is 6.07 Å². The lowest BCUT2D eigenvalue weighted by Crippen LogP contribution is -2.54. The summed E-state index contributed by atoms with van der Waals surface area (Å²) >= 11 is 0. The first-order chi connectivity index (χ1) is 10.1. The van der Waals surface area contributed by atoms with Gasteiger partial charge in [0.2, 0.25) is 0 Å². The highest BCUT2D eigenvalue weighted by Gasteiger charge is 2.39. The number of rotatable bonds is 5. The number of methoxy groups -OCH3 is 1. The van der Waals surface area contributed by atoms with Crippen LogP contribution in [0.1, 0.15) is 18.4 Å². The maximum atomic E-state index is 12.5. The van der Waals surface area contributed by atoms with Crippen LogP contribution in [0.25, 0.3) is 0 Å². The summed E-state index contributed by atoms with van der Waals surface area (Å²) in [6, 6.07) is 3.86. The Morgan fingerprint density at radius 2 is 2.19 bits per heavy atom. The van der Waals surface area contributed by atoms with Gasteiger partial charge < -0.3 is 20.3 Å². The van der Waals surface area contributed by atoms with Gasteiger partial charge in [0.1, 0.15) is 11.4 Å². The Morgan fingerprint density at radius 1 is 1.48 bits per heavy atom. The van der Waals surface area contributed by atoms with E-state index in [-0.39, 0.29) is 5.91 Å². The number of ether oxygens (including phenoxy) is 1. The van der Waals surface area contributed by atoms with Gasteiger partial charge in [0, 0.05) is 39.5 Å². The Balaban J connectivity index is 2.04. The van der Waals surface area contributed by atoms with Crippen LogP contribution < -0.4 is 15.5 Å². The van der Waals surface area contributed by atoms with E-state index in [0.29, 0.717) is 19.4 Å². The van der Waals surface area contributed by atoms with Gasteiger partial charge in [-0.05, 0) is 32.0 Å². The number of amides is 1. The van der Waals surface area contributed by atoms with E-state index in [2.05, 4.69) is 15.6 Å². The molecule has 2 rings (SSSR count). The molecule has 0 unspecified atom stereocenters. The second kappa shape index (κ2) is 6.87. The van der Waals surface area contributed by atoms with Crippen molar-refractivity contribution in [3.63, 3.8) is 0 Å². The Morgan fingerprint density at radius 3 is 2.81 bits per heavy atom. The number of carbonyl (C=O) groups is 1. The van der Waals surface area contributed by atoms with Gasteiger partial charge in [0.25, 0.3) is 5.91 Å². The fourth-order valence-electron chi connectivity index (χ4n) is 2.66. The number of anilines is 1.